The lowest BCUT2D eigenvalue weighted by molar-refractivity contribution is -0.125. The van der Waals surface area contributed by atoms with Gasteiger partial charge in [-0.3, -0.25) is 9.69 Å². The van der Waals surface area contributed by atoms with Gasteiger partial charge in [0.1, 0.15) is 5.54 Å². The lowest BCUT2D eigenvalue weighted by Gasteiger charge is -2.38. The van der Waals surface area contributed by atoms with E-state index in [1.807, 2.05) is 6.07 Å². The Balaban J connectivity index is 1.47. The summed E-state index contributed by atoms with van der Waals surface area (Å²) in [5, 5.41) is 2.65. The van der Waals surface area contributed by atoms with Gasteiger partial charge in [-0.2, -0.15) is 0 Å². The summed E-state index contributed by atoms with van der Waals surface area (Å²) in [4.78, 5) is 26.8. The average molecular weight is 287 g/mol. The highest BCUT2D eigenvalue weighted by molar-refractivity contribution is 5.89. The molecule has 3 rings (SSSR count). The third kappa shape index (κ3) is 3.04. The molecule has 1 aromatic carbocycles. The van der Waals surface area contributed by atoms with Crippen LogP contribution in [-0.4, -0.2) is 54.0 Å². The smallest absolute Gasteiger partial charge is 0.300 e. The molecule has 5 nitrogen and oxygen atoms in total. The summed E-state index contributed by atoms with van der Waals surface area (Å²) in [6.45, 7) is 4.68. The van der Waals surface area contributed by atoms with Gasteiger partial charge in [-0.1, -0.05) is 30.3 Å². The Morgan fingerprint density at radius 3 is 2.33 bits per heavy atom. The van der Waals surface area contributed by atoms with Gasteiger partial charge in [0.25, 0.3) is 0 Å². The van der Waals surface area contributed by atoms with E-state index in [0.29, 0.717) is 0 Å². The molecule has 112 valence electrons. The molecule has 0 spiro atoms. The highest BCUT2D eigenvalue weighted by Gasteiger charge is 2.55. The molecular formula is C16H21N3O2. The van der Waals surface area contributed by atoms with E-state index in [1.165, 1.54) is 5.56 Å². The summed E-state index contributed by atoms with van der Waals surface area (Å²) in [6, 6.07) is 10.5. The van der Waals surface area contributed by atoms with Crippen LogP contribution in [0, 0.1) is 4.91 Å². The van der Waals surface area contributed by atoms with Crippen molar-refractivity contribution in [2.45, 2.75) is 24.8 Å². The minimum atomic E-state index is -0.534. The number of carbonyl (C=O) groups is 1. The molecule has 0 N–H and O–H groups in total. The molecular weight excluding hydrogens is 266 g/mol. The molecule has 2 fully saturated rings. The minimum absolute atomic E-state index is 0.472. The van der Waals surface area contributed by atoms with Crippen LogP contribution >= 0.6 is 0 Å². The first-order valence-electron chi connectivity index (χ1n) is 7.64. The molecule has 5 heteroatoms. The van der Waals surface area contributed by atoms with Gasteiger partial charge in [-0.05, 0) is 24.8 Å². The Morgan fingerprint density at radius 2 is 1.76 bits per heavy atom. The van der Waals surface area contributed by atoms with Gasteiger partial charge in [0.15, 0.2) is 0 Å². The number of hydrogen-bond donors (Lipinski definition) is 0. The molecule has 0 aromatic heterocycles. The Morgan fingerprint density at radius 1 is 1.10 bits per heavy atom. The third-order valence-electron chi connectivity index (χ3n) is 4.74. The molecule has 0 radical (unpaired) electrons. The van der Waals surface area contributed by atoms with E-state index in [-0.39, 0.29) is 0 Å². The van der Waals surface area contributed by atoms with Crippen molar-refractivity contribution in [3.8, 4) is 0 Å². The fraction of sp³-hybridized carbons (Fsp3) is 0.562. The van der Waals surface area contributed by atoms with Gasteiger partial charge in [-0.15, -0.1) is 4.91 Å². The number of hydrogen-bond acceptors (Lipinski definition) is 4. The van der Waals surface area contributed by atoms with E-state index in [1.54, 1.807) is 0 Å². The van der Waals surface area contributed by atoms with E-state index in [9.17, 15) is 9.70 Å². The van der Waals surface area contributed by atoms with Crippen LogP contribution in [-0.2, 0) is 11.2 Å². The summed E-state index contributed by atoms with van der Waals surface area (Å²) in [5.41, 5.74) is 0.826. The Kier molecular flexibility index (Phi) is 4.12. The van der Waals surface area contributed by atoms with Gasteiger partial charge >= 0.3 is 5.91 Å². The number of amides is 1. The number of nitrogens with zero attached hydrogens (tertiary/aromatic N) is 3. The molecule has 1 aliphatic carbocycles. The van der Waals surface area contributed by atoms with Crippen LogP contribution in [0.3, 0.4) is 0 Å². The predicted molar refractivity (Wildman–Crippen MR) is 80.9 cm³/mol. The molecule has 1 amide bonds. The fourth-order valence-corrected chi connectivity index (χ4v) is 3.20. The maximum Gasteiger partial charge on any atom is 0.306 e. The summed E-state index contributed by atoms with van der Waals surface area (Å²) in [7, 11) is 0. The van der Waals surface area contributed by atoms with Crippen molar-refractivity contribution >= 4 is 5.91 Å². The number of rotatable bonds is 5. The SMILES string of the molecule is O=NC(=O)C1(N2CCN(CCc3ccccc3)CC2)CC1. The molecule has 2 aliphatic rings. The monoisotopic (exact) mass is 287 g/mol. The van der Waals surface area contributed by atoms with Crippen molar-refractivity contribution < 1.29 is 4.79 Å². The largest absolute Gasteiger partial charge is 0.306 e. The van der Waals surface area contributed by atoms with E-state index < -0.39 is 11.4 Å². The van der Waals surface area contributed by atoms with E-state index >= 15 is 0 Å². The molecule has 1 aromatic rings. The topological polar surface area (TPSA) is 53.0 Å². The zero-order chi connectivity index (χ0) is 14.7. The van der Waals surface area contributed by atoms with Crippen LogP contribution in [0.2, 0.25) is 0 Å². The molecule has 0 unspecified atom stereocenters. The van der Waals surface area contributed by atoms with Crippen molar-refractivity contribution in [3.05, 3.63) is 40.8 Å². The van der Waals surface area contributed by atoms with Crippen LogP contribution in [0.15, 0.2) is 35.5 Å². The number of carbonyl (C=O) groups excluding carboxylic acids is 1. The van der Waals surface area contributed by atoms with Crippen molar-refractivity contribution in [1.29, 1.82) is 0 Å². The lowest BCUT2D eigenvalue weighted by atomic mass is 10.1. The number of piperazine rings is 1. The normalized spacial score (nSPS) is 21.9. The molecule has 0 bridgehead atoms. The zero-order valence-electron chi connectivity index (χ0n) is 12.2. The first kappa shape index (κ1) is 14.4. The summed E-state index contributed by atoms with van der Waals surface area (Å²) in [6.07, 6.45) is 2.64. The van der Waals surface area contributed by atoms with Crippen LogP contribution in [0.1, 0.15) is 18.4 Å². The highest BCUT2D eigenvalue weighted by Crippen LogP contribution is 2.43. The zero-order valence-corrected chi connectivity index (χ0v) is 12.2. The molecule has 0 atom stereocenters. The van der Waals surface area contributed by atoms with Gasteiger partial charge in [-0.25, -0.2) is 0 Å². The molecule has 1 aliphatic heterocycles. The van der Waals surface area contributed by atoms with Crippen LogP contribution in [0.5, 0.6) is 0 Å². The van der Waals surface area contributed by atoms with Gasteiger partial charge in [0, 0.05) is 37.9 Å². The second-order valence-corrected chi connectivity index (χ2v) is 5.99. The standard InChI is InChI=1S/C16H21N3O2/c20-15(17-21)16(7-8-16)19-12-10-18(11-13-19)9-6-14-4-2-1-3-5-14/h1-5H,6-13H2. The second-order valence-electron chi connectivity index (χ2n) is 5.99. The van der Waals surface area contributed by atoms with E-state index in [2.05, 4.69) is 39.2 Å². The Hall–Kier alpha value is -1.59. The molecule has 1 heterocycles. The van der Waals surface area contributed by atoms with Crippen molar-refractivity contribution in [2.24, 2.45) is 5.18 Å². The first-order valence-corrected chi connectivity index (χ1v) is 7.64. The summed E-state index contributed by atoms with van der Waals surface area (Å²) < 4.78 is 0. The minimum Gasteiger partial charge on any atom is -0.300 e. The third-order valence-corrected chi connectivity index (χ3v) is 4.74. The molecule has 21 heavy (non-hydrogen) atoms. The summed E-state index contributed by atoms with van der Waals surface area (Å²) in [5.74, 6) is -0.472. The Bertz CT molecular complexity index is 506. The first-order chi connectivity index (χ1) is 10.2. The van der Waals surface area contributed by atoms with Gasteiger partial charge in [0.05, 0.1) is 0 Å². The number of nitroso groups, excluding NO2 is 1. The quantitative estimate of drug-likeness (QED) is 0.773. The molecule has 1 saturated carbocycles. The van der Waals surface area contributed by atoms with E-state index in [0.717, 1.165) is 52.0 Å². The number of benzene rings is 1. The van der Waals surface area contributed by atoms with Gasteiger partial charge < -0.3 is 4.90 Å². The van der Waals surface area contributed by atoms with Crippen LogP contribution in [0.4, 0.5) is 0 Å². The lowest BCUT2D eigenvalue weighted by Crippen LogP contribution is -2.54. The maximum absolute atomic E-state index is 11.7. The average Bonchev–Trinajstić information content (AvgIpc) is 3.35. The Labute approximate surface area is 124 Å². The van der Waals surface area contributed by atoms with E-state index in [4.69, 9.17) is 0 Å². The highest BCUT2D eigenvalue weighted by atomic mass is 16.3. The van der Waals surface area contributed by atoms with Crippen LogP contribution in [0.25, 0.3) is 0 Å². The second kappa shape index (κ2) is 6.03. The van der Waals surface area contributed by atoms with Crippen molar-refractivity contribution in [1.82, 2.24) is 9.80 Å². The fourth-order valence-electron chi connectivity index (χ4n) is 3.20. The molecule has 1 saturated heterocycles. The predicted octanol–water partition coefficient (Wildman–Crippen LogP) is 1.67. The van der Waals surface area contributed by atoms with Gasteiger partial charge in [0.2, 0.25) is 0 Å². The van der Waals surface area contributed by atoms with Crippen molar-refractivity contribution in [3.63, 3.8) is 0 Å². The summed E-state index contributed by atoms with van der Waals surface area (Å²) >= 11 is 0. The van der Waals surface area contributed by atoms with Crippen molar-refractivity contribution in [2.75, 3.05) is 32.7 Å². The maximum atomic E-state index is 11.7. The van der Waals surface area contributed by atoms with Crippen LogP contribution < -0.4 is 0 Å².